The zero-order valence-corrected chi connectivity index (χ0v) is 43.0. The molecule has 5 heterocycles. The number of carbonyl (C=O) groups is 4. The molecule has 3 amide bonds. The van der Waals surface area contributed by atoms with E-state index in [4.69, 9.17) is 16.0 Å². The zero-order chi connectivity index (χ0) is 52.2. The second-order valence-corrected chi connectivity index (χ2v) is 20.6. The lowest BCUT2D eigenvalue weighted by atomic mass is 9.85. The highest BCUT2D eigenvalue weighted by molar-refractivity contribution is 7.13. The number of amides is 3. The molecule has 8 rings (SSSR count). The summed E-state index contributed by atoms with van der Waals surface area (Å²) in [6.07, 6.45) is 5.90. The van der Waals surface area contributed by atoms with Crippen LogP contribution < -0.4 is 21.3 Å². The smallest absolute Gasteiger partial charge is 0.246 e. The van der Waals surface area contributed by atoms with Crippen LogP contribution in [0.2, 0.25) is 0 Å². The van der Waals surface area contributed by atoms with Crippen LogP contribution in [0.15, 0.2) is 82.9 Å². The van der Waals surface area contributed by atoms with Crippen LogP contribution in [-0.4, -0.2) is 127 Å². The fraction of sp³-hybridized carbons (Fsp3) is 0.453. The second-order valence-electron chi connectivity index (χ2n) is 19.7. The first kappa shape index (κ1) is 53.1. The molecular formula is C53H63N13O7S. The number of aliphatic hydroxyl groups excluding tert-OH is 1. The third-order valence-corrected chi connectivity index (χ3v) is 13.8. The van der Waals surface area contributed by atoms with Gasteiger partial charge in [0, 0.05) is 62.3 Å². The molecule has 21 heteroatoms. The fourth-order valence-corrected chi connectivity index (χ4v) is 9.38. The van der Waals surface area contributed by atoms with Gasteiger partial charge < -0.3 is 45.6 Å². The van der Waals surface area contributed by atoms with Gasteiger partial charge in [-0.15, -0.1) is 16.4 Å². The second kappa shape index (κ2) is 24.6. The Labute approximate surface area is 434 Å². The Balaban J connectivity index is 0.737. The number of amidine groups is 1. The highest BCUT2D eigenvalue weighted by atomic mass is 32.1. The summed E-state index contributed by atoms with van der Waals surface area (Å²) in [5, 5.41) is 31.3. The predicted octanol–water partition coefficient (Wildman–Crippen LogP) is 5.87. The van der Waals surface area contributed by atoms with E-state index in [1.54, 1.807) is 28.3 Å². The molecule has 1 saturated heterocycles. The maximum atomic E-state index is 14.0. The summed E-state index contributed by atoms with van der Waals surface area (Å²) in [5.74, 6) is 0.605. The number of anilines is 3. The molecule has 0 unspecified atom stereocenters. The highest BCUT2D eigenvalue weighted by Gasteiger charge is 2.44. The number of carbonyl (C=O) groups excluding carboxylic acids is 4. The molecule has 2 aromatic carbocycles. The molecule has 5 N–H and O–H groups in total. The standard InChI is InChI=1S/C53H63N13O7S/c1-33-48(74-32-57-33)37-10-6-35(7-11-37)28-56-50(70)43-25-41(67)31-66(43)51(71)49(53(2,3)4)62-47(69)18-20-72-22-23-73-21-19-65-30-40(63-64-65)16-17-44(68)42-26-46(60-45-24-38(29-55-45)36-12-13-36)61-52(59-42)58-39-14-8-34(9-15-39)27-54-5/h6-11,14-15,24,26,30,32,36,41,43,49,67H,12-13,16-23,25,27-29,31H2,1-4H3,(H,56,70)(H,62,69)(H2,55,58,59,60,61)/t41-,43+,49-/m1/s1. The highest BCUT2D eigenvalue weighted by Crippen LogP contribution is 2.38. The Morgan fingerprint density at radius 1 is 0.959 bits per heavy atom. The molecule has 5 aromatic rings. The molecule has 3 aliphatic rings. The van der Waals surface area contributed by atoms with Crippen molar-refractivity contribution in [2.75, 3.05) is 50.2 Å². The molecular weight excluding hydrogens is 963 g/mol. The van der Waals surface area contributed by atoms with E-state index in [0.717, 1.165) is 32.9 Å². The Bertz CT molecular complexity index is 2880. The molecule has 3 atom stereocenters. The Morgan fingerprint density at radius 3 is 2.43 bits per heavy atom. The average molecular weight is 1030 g/mol. The SMILES string of the molecule is [C-]#[N+]Cc1ccc(Nc2nc(NC3=NCC(C4CC4)=C3)cc(C(=O)CCc3cn(CCOCCOCCC(=O)N[C@H](C(=O)N4C[C@H](O)C[C@H]4C(=O)NCc4ccc(-c5scnc5C)cc4)C(C)(C)C)nn3)n2)cc1. The molecule has 2 fully saturated rings. The minimum atomic E-state index is -0.951. The first-order chi connectivity index (χ1) is 35.7. The largest absolute Gasteiger partial charge is 0.391 e. The number of benzene rings is 2. The van der Waals surface area contributed by atoms with Crippen molar-refractivity contribution in [3.63, 3.8) is 0 Å². The van der Waals surface area contributed by atoms with Gasteiger partial charge in [0.25, 0.3) is 0 Å². The quantitative estimate of drug-likeness (QED) is 0.0276. The van der Waals surface area contributed by atoms with Gasteiger partial charge in [0.2, 0.25) is 30.2 Å². The van der Waals surface area contributed by atoms with Crippen molar-refractivity contribution >= 4 is 58.1 Å². The van der Waals surface area contributed by atoms with Gasteiger partial charge in [0.1, 0.15) is 29.4 Å². The number of aliphatic imine (C=N–C) groups is 1. The van der Waals surface area contributed by atoms with Crippen LogP contribution in [0, 0.1) is 24.8 Å². The van der Waals surface area contributed by atoms with E-state index in [1.165, 1.54) is 23.3 Å². The maximum Gasteiger partial charge on any atom is 0.246 e. The number of β-amino-alcohol motifs (C(OH)–C–C–N with tert-alkyl or cyclic N) is 1. The van der Waals surface area contributed by atoms with Crippen molar-refractivity contribution in [2.24, 2.45) is 16.3 Å². The van der Waals surface area contributed by atoms with Crippen molar-refractivity contribution in [1.82, 2.24) is 45.5 Å². The van der Waals surface area contributed by atoms with Crippen molar-refractivity contribution in [3.05, 3.63) is 118 Å². The number of thiazole rings is 1. The first-order valence-corrected chi connectivity index (χ1v) is 25.8. The lowest BCUT2D eigenvalue weighted by Gasteiger charge is -2.35. The number of ether oxygens (including phenoxy) is 2. The molecule has 1 aliphatic carbocycles. The van der Waals surface area contributed by atoms with Crippen molar-refractivity contribution in [3.8, 4) is 10.4 Å². The van der Waals surface area contributed by atoms with Crippen LogP contribution in [0.25, 0.3) is 15.3 Å². The number of nitrogens with one attached hydrogen (secondary N) is 4. The number of aromatic nitrogens is 6. The number of aliphatic hydroxyl groups is 1. The van der Waals surface area contributed by atoms with Gasteiger partial charge in [-0.3, -0.25) is 24.2 Å². The third-order valence-electron chi connectivity index (χ3n) is 12.8. The molecule has 1 saturated carbocycles. The summed E-state index contributed by atoms with van der Waals surface area (Å²) in [6.45, 7) is 17.1. The lowest BCUT2D eigenvalue weighted by molar-refractivity contribution is -0.144. The molecule has 20 nitrogen and oxygen atoms in total. The normalized spacial score (nSPS) is 16.8. The van der Waals surface area contributed by atoms with E-state index in [-0.39, 0.29) is 88.0 Å². The minimum absolute atomic E-state index is 0.000109. The summed E-state index contributed by atoms with van der Waals surface area (Å²) in [4.78, 5) is 78.2. The van der Waals surface area contributed by atoms with Gasteiger partial charge in [0.15, 0.2) is 5.78 Å². The molecule has 74 heavy (non-hydrogen) atoms. The number of hydrogen-bond acceptors (Lipinski definition) is 16. The average Bonchev–Trinajstić information content (AvgIpc) is 3.66. The van der Waals surface area contributed by atoms with Crippen molar-refractivity contribution in [1.29, 1.82) is 0 Å². The summed E-state index contributed by atoms with van der Waals surface area (Å²) < 4.78 is 13.1. The van der Waals surface area contributed by atoms with Crippen LogP contribution in [0.5, 0.6) is 0 Å². The Kier molecular flexibility index (Phi) is 17.7. The topological polar surface area (TPSA) is 244 Å². The number of Topliss-reactive ketones (excluding diaryl/α,β-unsaturated/α-hetero) is 1. The summed E-state index contributed by atoms with van der Waals surface area (Å²) in [5.41, 5.74) is 7.80. The van der Waals surface area contributed by atoms with E-state index >= 15 is 0 Å². The number of aryl methyl sites for hydroxylation is 2. The molecule has 2 aliphatic heterocycles. The van der Waals surface area contributed by atoms with Crippen LogP contribution in [0.1, 0.15) is 85.9 Å². The van der Waals surface area contributed by atoms with E-state index in [0.29, 0.717) is 49.4 Å². The fourth-order valence-electron chi connectivity index (χ4n) is 8.57. The summed E-state index contributed by atoms with van der Waals surface area (Å²) in [6, 6.07) is 15.1. The van der Waals surface area contributed by atoms with E-state index in [2.05, 4.69) is 62.4 Å². The maximum absolute atomic E-state index is 14.0. The third kappa shape index (κ3) is 14.7. The van der Waals surface area contributed by atoms with E-state index in [1.807, 2.05) is 81.7 Å². The van der Waals surface area contributed by atoms with Gasteiger partial charge in [-0.2, -0.15) is 4.98 Å². The lowest BCUT2D eigenvalue weighted by Crippen LogP contribution is -2.57. The van der Waals surface area contributed by atoms with Gasteiger partial charge in [-0.25, -0.2) is 21.2 Å². The van der Waals surface area contributed by atoms with Gasteiger partial charge in [-0.1, -0.05) is 50.3 Å². The summed E-state index contributed by atoms with van der Waals surface area (Å²) in [7, 11) is 0. The number of nitrogens with zero attached hydrogens (tertiary/aromatic N) is 9. The molecule has 388 valence electrons. The monoisotopic (exact) mass is 1030 g/mol. The number of ketones is 1. The van der Waals surface area contributed by atoms with E-state index in [9.17, 15) is 24.3 Å². The van der Waals surface area contributed by atoms with Crippen LogP contribution >= 0.6 is 11.3 Å². The first-order valence-electron chi connectivity index (χ1n) is 24.9. The van der Waals surface area contributed by atoms with Gasteiger partial charge in [0.05, 0.1) is 67.4 Å². The van der Waals surface area contributed by atoms with Crippen LogP contribution in [0.4, 0.5) is 17.5 Å². The Hall–Kier alpha value is -7.25. The molecule has 0 radical (unpaired) electrons. The zero-order valence-electron chi connectivity index (χ0n) is 42.2. The minimum Gasteiger partial charge on any atom is -0.391 e. The van der Waals surface area contributed by atoms with Crippen molar-refractivity contribution in [2.45, 2.75) is 104 Å². The van der Waals surface area contributed by atoms with Crippen LogP contribution in [0.3, 0.4) is 0 Å². The van der Waals surface area contributed by atoms with Crippen LogP contribution in [-0.2, 0) is 49.9 Å². The molecule has 3 aromatic heterocycles. The number of hydrogen-bond donors (Lipinski definition) is 5. The number of rotatable bonds is 24. The van der Waals surface area contributed by atoms with E-state index < -0.39 is 29.5 Å². The summed E-state index contributed by atoms with van der Waals surface area (Å²) >= 11 is 1.57. The number of likely N-dealkylation sites (tertiary alicyclic amines) is 1. The molecule has 0 spiro atoms. The molecule has 0 bridgehead atoms. The van der Waals surface area contributed by atoms with Gasteiger partial charge >= 0.3 is 0 Å². The van der Waals surface area contributed by atoms with Gasteiger partial charge in [-0.05, 0) is 78.1 Å². The Morgan fingerprint density at radius 2 is 1.72 bits per heavy atom. The van der Waals surface area contributed by atoms with Crippen molar-refractivity contribution < 1.29 is 33.8 Å². The predicted molar refractivity (Wildman–Crippen MR) is 279 cm³/mol.